The Balaban J connectivity index is 1.64. The first-order valence-electron chi connectivity index (χ1n) is 9.50. The van der Waals surface area contributed by atoms with E-state index in [9.17, 15) is 14.0 Å². The number of fused-ring (bicyclic) bond motifs is 1. The molecule has 2 heterocycles. The van der Waals surface area contributed by atoms with Gasteiger partial charge in [0.25, 0.3) is 0 Å². The van der Waals surface area contributed by atoms with Crippen LogP contribution >= 0.6 is 11.6 Å². The van der Waals surface area contributed by atoms with Crippen LogP contribution in [0.2, 0.25) is 5.02 Å². The van der Waals surface area contributed by atoms with Crippen molar-refractivity contribution in [3.63, 3.8) is 0 Å². The highest BCUT2D eigenvalue weighted by Gasteiger charge is 2.29. The number of amides is 1. The molecule has 1 aliphatic rings. The van der Waals surface area contributed by atoms with Crippen molar-refractivity contribution in [2.75, 3.05) is 5.32 Å². The van der Waals surface area contributed by atoms with Crippen molar-refractivity contribution in [3.8, 4) is 0 Å². The number of aromatic nitrogens is 3. The largest absolute Gasteiger partial charge is 0.346 e. The van der Waals surface area contributed by atoms with Crippen molar-refractivity contribution >= 4 is 23.2 Å². The minimum Gasteiger partial charge on any atom is -0.324 e. The van der Waals surface area contributed by atoms with Crippen LogP contribution in [-0.4, -0.2) is 20.3 Å². The highest BCUT2D eigenvalue weighted by molar-refractivity contribution is 6.30. The lowest BCUT2D eigenvalue weighted by Gasteiger charge is -2.16. The molecule has 3 aromatic rings. The summed E-state index contributed by atoms with van der Waals surface area (Å²) in [5, 5.41) is 7.80. The van der Waals surface area contributed by atoms with Gasteiger partial charge < -0.3 is 5.32 Å². The zero-order valence-electron chi connectivity index (χ0n) is 15.6. The lowest BCUT2D eigenvalue weighted by Crippen LogP contribution is -2.35. The van der Waals surface area contributed by atoms with E-state index in [2.05, 4.69) is 10.4 Å². The maximum atomic E-state index is 13.5. The summed E-state index contributed by atoms with van der Waals surface area (Å²) in [5.41, 5.74) is 0.853. The SMILES string of the molecule is O=C(Nc1cccc(Cl)c1)C1CCCCc2nn(Cc3cccc(F)c3)c(=O)n21. The summed E-state index contributed by atoms with van der Waals surface area (Å²) >= 11 is 5.99. The maximum Gasteiger partial charge on any atom is 0.346 e. The Hall–Kier alpha value is -2.93. The number of hydrogen-bond acceptors (Lipinski definition) is 3. The molecule has 0 saturated carbocycles. The van der Waals surface area contributed by atoms with Gasteiger partial charge in [-0.3, -0.25) is 9.36 Å². The fourth-order valence-corrected chi connectivity index (χ4v) is 3.84. The van der Waals surface area contributed by atoms with Gasteiger partial charge in [0.2, 0.25) is 5.91 Å². The lowest BCUT2D eigenvalue weighted by molar-refractivity contribution is -0.119. The van der Waals surface area contributed by atoms with Crippen molar-refractivity contribution in [2.24, 2.45) is 0 Å². The van der Waals surface area contributed by atoms with Crippen molar-refractivity contribution in [1.82, 2.24) is 14.3 Å². The molecule has 0 fully saturated rings. The monoisotopic (exact) mass is 414 g/mol. The van der Waals surface area contributed by atoms with Gasteiger partial charge in [0, 0.05) is 17.1 Å². The van der Waals surface area contributed by atoms with Crippen molar-refractivity contribution < 1.29 is 9.18 Å². The first-order valence-corrected chi connectivity index (χ1v) is 9.88. The normalized spacial score (nSPS) is 16.1. The number of carbonyl (C=O) groups is 1. The van der Waals surface area contributed by atoms with Gasteiger partial charge in [-0.15, -0.1) is 0 Å². The molecular formula is C21H20ClFN4O2. The van der Waals surface area contributed by atoms with E-state index in [1.807, 2.05) is 0 Å². The molecule has 0 radical (unpaired) electrons. The summed E-state index contributed by atoms with van der Waals surface area (Å²) < 4.78 is 16.3. The van der Waals surface area contributed by atoms with E-state index in [4.69, 9.17) is 11.6 Å². The Morgan fingerprint density at radius 1 is 1.21 bits per heavy atom. The predicted molar refractivity (Wildman–Crippen MR) is 109 cm³/mol. The van der Waals surface area contributed by atoms with Gasteiger partial charge in [0.1, 0.15) is 17.7 Å². The van der Waals surface area contributed by atoms with E-state index in [0.29, 0.717) is 34.9 Å². The third-order valence-corrected chi connectivity index (χ3v) is 5.23. The summed E-state index contributed by atoms with van der Waals surface area (Å²) in [7, 11) is 0. The molecule has 0 bridgehead atoms. The lowest BCUT2D eigenvalue weighted by atomic mass is 10.1. The van der Waals surface area contributed by atoms with Gasteiger partial charge in [-0.05, 0) is 48.7 Å². The second kappa shape index (κ2) is 8.21. The topological polar surface area (TPSA) is 68.9 Å². The number of carbonyl (C=O) groups excluding carboxylic acids is 1. The first-order chi connectivity index (χ1) is 14.0. The van der Waals surface area contributed by atoms with Crippen LogP contribution in [0, 0.1) is 5.82 Å². The molecule has 0 saturated heterocycles. The van der Waals surface area contributed by atoms with Gasteiger partial charge in [0.15, 0.2) is 0 Å². The second-order valence-corrected chi connectivity index (χ2v) is 7.55. The number of nitrogens with one attached hydrogen (secondary N) is 1. The Morgan fingerprint density at radius 2 is 2.03 bits per heavy atom. The molecule has 6 nitrogen and oxygen atoms in total. The van der Waals surface area contributed by atoms with Crippen molar-refractivity contribution in [3.05, 3.63) is 81.2 Å². The third-order valence-electron chi connectivity index (χ3n) is 5.00. The number of hydrogen-bond donors (Lipinski definition) is 1. The van der Waals surface area contributed by atoms with Crippen LogP contribution in [0.4, 0.5) is 10.1 Å². The zero-order chi connectivity index (χ0) is 20.4. The van der Waals surface area contributed by atoms with Crippen LogP contribution in [-0.2, 0) is 17.8 Å². The van der Waals surface area contributed by atoms with Crippen LogP contribution < -0.4 is 11.0 Å². The van der Waals surface area contributed by atoms with E-state index < -0.39 is 6.04 Å². The van der Waals surface area contributed by atoms with Crippen molar-refractivity contribution in [2.45, 2.75) is 38.3 Å². The number of rotatable bonds is 4. The average Bonchev–Trinajstić information content (AvgIpc) is 2.85. The predicted octanol–water partition coefficient (Wildman–Crippen LogP) is 3.79. The van der Waals surface area contributed by atoms with E-state index in [1.54, 1.807) is 36.4 Å². The van der Waals surface area contributed by atoms with Gasteiger partial charge in [-0.1, -0.05) is 36.2 Å². The third kappa shape index (κ3) is 4.24. The van der Waals surface area contributed by atoms with E-state index in [-0.39, 0.29) is 24.0 Å². The van der Waals surface area contributed by atoms with Crippen molar-refractivity contribution in [1.29, 1.82) is 0 Å². The molecule has 1 unspecified atom stereocenters. The number of benzene rings is 2. The average molecular weight is 415 g/mol. The molecule has 2 aromatic carbocycles. The molecule has 0 spiro atoms. The zero-order valence-corrected chi connectivity index (χ0v) is 16.4. The van der Waals surface area contributed by atoms with Crippen LogP contribution in [0.3, 0.4) is 0 Å². The van der Waals surface area contributed by atoms with Crippen LogP contribution in [0.25, 0.3) is 0 Å². The number of anilines is 1. The minimum atomic E-state index is -0.653. The number of nitrogens with zero attached hydrogens (tertiary/aromatic N) is 3. The molecule has 150 valence electrons. The number of aryl methyl sites for hydroxylation is 1. The summed E-state index contributed by atoms with van der Waals surface area (Å²) in [6.07, 6.45) is 2.83. The van der Waals surface area contributed by atoms with E-state index >= 15 is 0 Å². The Bertz CT molecular complexity index is 1110. The summed E-state index contributed by atoms with van der Waals surface area (Å²) in [4.78, 5) is 26.0. The Labute approximate surface area is 171 Å². The summed E-state index contributed by atoms with van der Waals surface area (Å²) in [6.45, 7) is 0.152. The first kappa shape index (κ1) is 19.4. The fourth-order valence-electron chi connectivity index (χ4n) is 3.65. The standard InChI is InChI=1S/C21H20ClFN4O2/c22-15-6-4-8-17(12-15)24-20(28)18-9-1-2-10-19-25-26(21(29)27(18)19)13-14-5-3-7-16(23)11-14/h3-8,11-12,18H,1-2,9-10,13H2,(H,24,28). The molecule has 1 atom stereocenters. The second-order valence-electron chi connectivity index (χ2n) is 7.12. The van der Waals surface area contributed by atoms with Crippen LogP contribution in [0.1, 0.15) is 36.7 Å². The molecule has 1 aliphatic heterocycles. The quantitative estimate of drug-likeness (QED) is 0.706. The van der Waals surface area contributed by atoms with E-state index in [1.165, 1.54) is 21.4 Å². The molecule has 1 N–H and O–H groups in total. The smallest absolute Gasteiger partial charge is 0.324 e. The van der Waals surface area contributed by atoms with E-state index in [0.717, 1.165) is 12.8 Å². The molecule has 29 heavy (non-hydrogen) atoms. The number of halogens is 2. The molecule has 1 aromatic heterocycles. The highest BCUT2D eigenvalue weighted by Crippen LogP contribution is 2.24. The minimum absolute atomic E-state index is 0.152. The molecule has 0 aliphatic carbocycles. The van der Waals surface area contributed by atoms with Gasteiger partial charge in [-0.25, -0.2) is 13.9 Å². The molecule has 8 heteroatoms. The maximum absolute atomic E-state index is 13.5. The van der Waals surface area contributed by atoms with Gasteiger partial charge in [-0.2, -0.15) is 5.10 Å². The van der Waals surface area contributed by atoms with Crippen LogP contribution in [0.5, 0.6) is 0 Å². The molecule has 1 amide bonds. The fraction of sp³-hybridized carbons (Fsp3) is 0.286. The van der Waals surface area contributed by atoms with Gasteiger partial charge in [0.05, 0.1) is 6.54 Å². The Morgan fingerprint density at radius 3 is 2.83 bits per heavy atom. The van der Waals surface area contributed by atoms with Gasteiger partial charge >= 0.3 is 5.69 Å². The summed E-state index contributed by atoms with van der Waals surface area (Å²) in [5.74, 6) is -0.0620. The summed E-state index contributed by atoms with van der Waals surface area (Å²) in [6, 6.07) is 12.3. The van der Waals surface area contributed by atoms with Crippen LogP contribution in [0.15, 0.2) is 53.3 Å². The molecule has 4 rings (SSSR count). The Kier molecular flexibility index (Phi) is 5.49. The highest BCUT2D eigenvalue weighted by atomic mass is 35.5. The molecular weight excluding hydrogens is 395 g/mol.